The molecule has 0 spiro atoms. The molecular formula is C4H4BF2LiO4. The van der Waals surface area contributed by atoms with Crippen LogP contribution in [0, 0.1) is 0 Å². The Kier molecular flexibility index (Phi) is 3.30. The van der Waals surface area contributed by atoms with E-state index in [1.807, 2.05) is 0 Å². The van der Waals surface area contributed by atoms with E-state index >= 15 is 0 Å². The fourth-order valence-corrected chi connectivity index (χ4v) is 0.655. The third-order valence-corrected chi connectivity index (χ3v) is 1.07. The second-order valence-electron chi connectivity index (χ2n) is 2.20. The Morgan fingerprint density at radius 2 is 1.67 bits per heavy atom. The van der Waals surface area contributed by atoms with Crippen LogP contribution in [0.1, 0.15) is 0 Å². The van der Waals surface area contributed by atoms with Gasteiger partial charge < -0.3 is 13.6 Å². The summed E-state index contributed by atoms with van der Waals surface area (Å²) in [5, 5.41) is 0. The van der Waals surface area contributed by atoms with Crippen LogP contribution in [0.3, 0.4) is 0 Å². The van der Waals surface area contributed by atoms with Gasteiger partial charge in [0.15, 0.2) is 0 Å². The van der Waals surface area contributed by atoms with Crippen molar-refractivity contribution in [1.29, 1.82) is 0 Å². The molecular weight excluding hydrogens is 168 g/mol. The third-order valence-electron chi connectivity index (χ3n) is 1.07. The van der Waals surface area contributed by atoms with Crippen LogP contribution in [0.4, 0.5) is 8.71 Å². The summed E-state index contributed by atoms with van der Waals surface area (Å²) in [6.07, 6.45) is -2.51. The molecule has 0 aromatic carbocycles. The van der Waals surface area contributed by atoms with Crippen molar-refractivity contribution in [3.8, 4) is 0 Å². The minimum atomic E-state index is -3.45. The number of halogens is 2. The molecule has 12 heavy (non-hydrogen) atoms. The Labute approximate surface area is 78.8 Å². The number of alkyl halides is 1. The molecule has 0 bridgehead atoms. The minimum absolute atomic E-state index is 0. The molecule has 8 heteroatoms. The smallest absolute Gasteiger partial charge is 0.628 e. The monoisotopic (exact) mass is 172 g/mol. The molecule has 0 atom stereocenters. The van der Waals surface area contributed by atoms with E-state index in [-0.39, 0.29) is 18.9 Å². The van der Waals surface area contributed by atoms with Crippen molar-refractivity contribution >= 4 is 18.8 Å². The minimum Gasteiger partial charge on any atom is -0.628 e. The number of hydrogen-bond donors (Lipinski definition) is 0. The zero-order valence-electron chi connectivity index (χ0n) is 6.54. The number of carbonyl (C=O) groups is 2. The number of hydrogen-bond acceptors (Lipinski definition) is 4. The first kappa shape index (κ1) is 11.5. The van der Waals surface area contributed by atoms with Crippen LogP contribution in [0.5, 0.6) is 0 Å². The van der Waals surface area contributed by atoms with Crippen molar-refractivity contribution < 1.29 is 46.5 Å². The number of rotatable bonds is 0. The van der Waals surface area contributed by atoms with Crippen LogP contribution in [-0.2, 0) is 18.9 Å². The molecule has 0 aliphatic carbocycles. The SMILES string of the molecule is C[B-]1(F)OC(=O)C(F)C(=O)O1.[Li+]. The van der Waals surface area contributed by atoms with E-state index in [0.717, 1.165) is 6.82 Å². The maximum atomic E-state index is 12.6. The van der Waals surface area contributed by atoms with E-state index in [0.29, 0.717) is 0 Å². The maximum absolute atomic E-state index is 12.6. The summed E-state index contributed by atoms with van der Waals surface area (Å²) in [5.41, 5.74) is 0. The summed E-state index contributed by atoms with van der Waals surface area (Å²) in [4.78, 5) is 20.6. The van der Waals surface area contributed by atoms with Crippen molar-refractivity contribution in [2.45, 2.75) is 13.0 Å². The Morgan fingerprint density at radius 1 is 1.33 bits per heavy atom. The van der Waals surface area contributed by atoms with Crippen LogP contribution in [0.2, 0.25) is 6.82 Å². The van der Waals surface area contributed by atoms with Gasteiger partial charge in [0, 0.05) is 0 Å². The summed E-state index contributed by atoms with van der Waals surface area (Å²) in [6, 6.07) is 0. The molecule has 0 radical (unpaired) electrons. The molecule has 0 aromatic heterocycles. The summed E-state index contributed by atoms with van der Waals surface area (Å²) in [6.45, 7) is -2.70. The van der Waals surface area contributed by atoms with Crippen LogP contribution >= 0.6 is 0 Å². The van der Waals surface area contributed by atoms with Gasteiger partial charge in [0.25, 0.3) is 6.17 Å². The molecule has 0 N–H and O–H groups in total. The first-order valence-electron chi connectivity index (χ1n) is 2.88. The summed E-state index contributed by atoms with van der Waals surface area (Å²) >= 11 is 0. The zero-order chi connectivity index (χ0) is 8.65. The van der Waals surface area contributed by atoms with Crippen LogP contribution in [0.25, 0.3) is 0 Å². The molecule has 62 valence electrons. The predicted molar refractivity (Wildman–Crippen MR) is 29.8 cm³/mol. The second-order valence-corrected chi connectivity index (χ2v) is 2.20. The molecule has 4 nitrogen and oxygen atoms in total. The van der Waals surface area contributed by atoms with Crippen molar-refractivity contribution in [3.63, 3.8) is 0 Å². The van der Waals surface area contributed by atoms with Gasteiger partial charge in [-0.2, -0.15) is 0 Å². The van der Waals surface area contributed by atoms with Gasteiger partial charge >= 0.3 is 37.6 Å². The van der Waals surface area contributed by atoms with Crippen molar-refractivity contribution in [2.75, 3.05) is 0 Å². The van der Waals surface area contributed by atoms with E-state index in [2.05, 4.69) is 9.31 Å². The fraction of sp³-hybridized carbons (Fsp3) is 0.500. The van der Waals surface area contributed by atoms with Gasteiger partial charge in [0.2, 0.25) is 0 Å². The van der Waals surface area contributed by atoms with E-state index in [4.69, 9.17) is 0 Å². The van der Waals surface area contributed by atoms with Crippen LogP contribution < -0.4 is 18.9 Å². The van der Waals surface area contributed by atoms with Gasteiger partial charge in [0.05, 0.1) is 0 Å². The van der Waals surface area contributed by atoms with Crippen molar-refractivity contribution in [2.24, 2.45) is 0 Å². The molecule has 1 heterocycles. The van der Waals surface area contributed by atoms with Crippen LogP contribution in [-0.4, -0.2) is 24.9 Å². The standard InChI is InChI=1S/C4H4BF2O4.Li/c1-5(7)10-3(8)2(6)4(9)11-5;/h2H,1H3;/q-1;+1. The molecule has 1 fully saturated rings. The zero-order valence-corrected chi connectivity index (χ0v) is 6.54. The second kappa shape index (κ2) is 3.46. The van der Waals surface area contributed by atoms with E-state index in [1.54, 1.807) is 0 Å². The van der Waals surface area contributed by atoms with Crippen molar-refractivity contribution in [3.05, 3.63) is 0 Å². The Balaban J connectivity index is 0.00000121. The largest absolute Gasteiger partial charge is 1.00 e. The molecule has 0 aromatic rings. The fourth-order valence-electron chi connectivity index (χ4n) is 0.655. The quantitative estimate of drug-likeness (QED) is 0.288. The van der Waals surface area contributed by atoms with Gasteiger partial charge in [-0.15, -0.1) is 0 Å². The van der Waals surface area contributed by atoms with E-state index < -0.39 is 24.9 Å². The first-order chi connectivity index (χ1) is 4.92. The van der Waals surface area contributed by atoms with Crippen molar-refractivity contribution in [1.82, 2.24) is 0 Å². The Hall–Kier alpha value is -0.538. The van der Waals surface area contributed by atoms with E-state index in [9.17, 15) is 18.3 Å². The predicted octanol–water partition coefficient (Wildman–Crippen LogP) is -3.03. The molecule has 1 rings (SSSR count). The Bertz CT molecular complexity index is 201. The molecule has 1 saturated heterocycles. The van der Waals surface area contributed by atoms with Gasteiger partial charge in [-0.3, -0.25) is 9.59 Å². The average Bonchev–Trinajstić information content (AvgIpc) is 1.81. The molecule has 0 unspecified atom stereocenters. The number of carbonyl (C=O) groups excluding carboxylic acids is 2. The van der Waals surface area contributed by atoms with Gasteiger partial charge in [-0.1, -0.05) is 6.82 Å². The Morgan fingerprint density at radius 3 is 2.00 bits per heavy atom. The van der Waals surface area contributed by atoms with Gasteiger partial charge in [0.1, 0.15) is 0 Å². The summed E-state index contributed by atoms with van der Waals surface area (Å²) < 4.78 is 32.4. The van der Waals surface area contributed by atoms with Gasteiger partial charge in [-0.05, 0) is 0 Å². The van der Waals surface area contributed by atoms with Crippen LogP contribution in [0.15, 0.2) is 0 Å². The van der Waals surface area contributed by atoms with E-state index in [1.165, 1.54) is 0 Å². The summed E-state index contributed by atoms with van der Waals surface area (Å²) in [5.74, 6) is -3.07. The molecule has 1 aliphatic rings. The van der Waals surface area contributed by atoms with Gasteiger partial charge in [-0.25, -0.2) is 4.39 Å². The molecule has 0 amide bonds. The molecule has 1 aliphatic heterocycles. The normalized spacial score (nSPS) is 34.8. The first-order valence-corrected chi connectivity index (χ1v) is 2.88. The third kappa shape index (κ3) is 2.22. The average molecular weight is 172 g/mol. The maximum Gasteiger partial charge on any atom is 1.00 e. The summed E-state index contributed by atoms with van der Waals surface area (Å²) in [7, 11) is 0. The topological polar surface area (TPSA) is 52.6 Å². The molecule has 0 saturated carbocycles.